The Morgan fingerprint density at radius 2 is 1.07 bits per heavy atom. The highest BCUT2D eigenvalue weighted by Gasteiger charge is 2.24. The maximum absolute atomic E-state index is 2.52. The summed E-state index contributed by atoms with van der Waals surface area (Å²) in [5.41, 5.74) is 14.6. The Morgan fingerprint density at radius 3 is 1.63 bits per heavy atom. The van der Waals surface area contributed by atoms with Gasteiger partial charge in [0, 0.05) is 44.7 Å². The average molecular weight is 557 g/mol. The number of nitrogens with zero attached hydrogens (tertiary/aromatic N) is 2. The zero-order valence-corrected chi connectivity index (χ0v) is 25.1. The largest absolute Gasteiger partial charge is 0.313 e. The average Bonchev–Trinajstić information content (AvgIpc) is 3.58. The molecule has 0 N–H and O–H groups in total. The molecule has 0 aliphatic heterocycles. The van der Waals surface area contributed by atoms with E-state index in [4.69, 9.17) is 0 Å². The molecule has 0 amide bonds. The Bertz CT molecular complexity index is 2150. The van der Waals surface area contributed by atoms with Crippen molar-refractivity contribution in [2.45, 2.75) is 46.0 Å². The van der Waals surface area contributed by atoms with E-state index in [-0.39, 0.29) is 0 Å². The number of hydrogen-bond donors (Lipinski definition) is 0. The molecule has 8 rings (SSSR count). The minimum Gasteiger partial charge on any atom is -0.313 e. The first-order valence-electron chi connectivity index (χ1n) is 15.7. The van der Waals surface area contributed by atoms with E-state index in [9.17, 15) is 0 Å². The van der Waals surface area contributed by atoms with Crippen LogP contribution in [0.4, 0.5) is 0 Å². The summed E-state index contributed by atoms with van der Waals surface area (Å²) < 4.78 is 4.95. The maximum Gasteiger partial charge on any atom is 0.0541 e. The minimum absolute atomic E-state index is 0.484. The van der Waals surface area contributed by atoms with Gasteiger partial charge in [-0.25, -0.2) is 0 Å². The minimum atomic E-state index is 0.484. The SMILES string of the molecule is CCc1cc(-n2c3c(c4ccccc42)C=CCC3C)ccc1-c1ccc(-n2c3ccccc3c3ccccc32)cc1CC. The van der Waals surface area contributed by atoms with Crippen LogP contribution in [0.3, 0.4) is 0 Å². The van der Waals surface area contributed by atoms with Crippen LogP contribution in [-0.2, 0) is 12.8 Å². The van der Waals surface area contributed by atoms with Crippen LogP contribution in [0.1, 0.15) is 55.5 Å². The van der Waals surface area contributed by atoms with Gasteiger partial charge < -0.3 is 9.13 Å². The molecular formula is C41H36N2. The summed E-state index contributed by atoms with van der Waals surface area (Å²) in [5, 5.41) is 3.94. The smallest absolute Gasteiger partial charge is 0.0541 e. The first-order chi connectivity index (χ1) is 21.2. The third kappa shape index (κ3) is 3.93. The van der Waals surface area contributed by atoms with Crippen LogP contribution < -0.4 is 0 Å². The fourth-order valence-electron chi connectivity index (χ4n) is 7.48. The predicted molar refractivity (Wildman–Crippen MR) is 184 cm³/mol. The van der Waals surface area contributed by atoms with Crippen molar-refractivity contribution in [3.8, 4) is 22.5 Å². The van der Waals surface area contributed by atoms with Gasteiger partial charge in [0.25, 0.3) is 0 Å². The molecule has 0 radical (unpaired) electrons. The molecule has 0 fully saturated rings. The van der Waals surface area contributed by atoms with Crippen LogP contribution in [0, 0.1) is 0 Å². The van der Waals surface area contributed by atoms with E-state index >= 15 is 0 Å². The molecule has 5 aromatic carbocycles. The van der Waals surface area contributed by atoms with Gasteiger partial charge in [-0.1, -0.05) is 99.7 Å². The standard InChI is InChI=1S/C41H36N2/c1-4-28-25-30(42-38-18-9-6-14-34(38)35-15-7-10-19-39(35)42)21-23-32(28)33-24-22-31(26-29(33)5-2)43-40-20-11-8-16-36(40)37-17-12-13-27(3)41(37)43/h6-12,14-27H,4-5,13H2,1-3H3. The number of aryl methyl sites for hydroxylation is 2. The van der Waals surface area contributed by atoms with Gasteiger partial charge in [-0.05, 0) is 84.0 Å². The van der Waals surface area contributed by atoms with Gasteiger partial charge in [-0.2, -0.15) is 0 Å². The summed E-state index contributed by atoms with van der Waals surface area (Å²) in [6, 6.07) is 40.6. The van der Waals surface area contributed by atoms with Crippen molar-refractivity contribution >= 4 is 38.8 Å². The summed E-state index contributed by atoms with van der Waals surface area (Å²) in [6.07, 6.45) is 7.71. The Kier molecular flexibility index (Phi) is 6.11. The second-order valence-electron chi connectivity index (χ2n) is 12.0. The Morgan fingerprint density at radius 1 is 0.581 bits per heavy atom. The Labute approximate surface area is 253 Å². The topological polar surface area (TPSA) is 9.86 Å². The van der Waals surface area contributed by atoms with Gasteiger partial charge in [0.2, 0.25) is 0 Å². The van der Waals surface area contributed by atoms with E-state index in [0.717, 1.165) is 19.3 Å². The van der Waals surface area contributed by atoms with Crippen molar-refractivity contribution in [1.29, 1.82) is 0 Å². The lowest BCUT2D eigenvalue weighted by Gasteiger charge is -2.21. The van der Waals surface area contributed by atoms with Crippen molar-refractivity contribution < 1.29 is 0 Å². The molecule has 2 heterocycles. The van der Waals surface area contributed by atoms with Crippen LogP contribution in [-0.4, -0.2) is 9.13 Å². The number of allylic oxidation sites excluding steroid dienone is 1. The van der Waals surface area contributed by atoms with Crippen molar-refractivity contribution in [2.24, 2.45) is 0 Å². The maximum atomic E-state index is 2.52. The zero-order valence-electron chi connectivity index (χ0n) is 25.1. The third-order valence-electron chi connectivity index (χ3n) is 9.52. The van der Waals surface area contributed by atoms with E-state index in [1.165, 1.54) is 77.6 Å². The Balaban J connectivity index is 1.28. The quantitative estimate of drug-likeness (QED) is 0.200. The molecule has 0 bridgehead atoms. The molecule has 2 aromatic heterocycles. The molecule has 2 nitrogen and oxygen atoms in total. The summed E-state index contributed by atoms with van der Waals surface area (Å²) in [7, 11) is 0. The molecular weight excluding hydrogens is 520 g/mol. The number of hydrogen-bond acceptors (Lipinski definition) is 0. The van der Waals surface area contributed by atoms with E-state index in [1.807, 2.05) is 0 Å². The molecule has 0 spiro atoms. The van der Waals surface area contributed by atoms with E-state index in [0.29, 0.717) is 5.92 Å². The van der Waals surface area contributed by atoms with Gasteiger partial charge in [0.1, 0.15) is 0 Å². The highest BCUT2D eigenvalue weighted by molar-refractivity contribution is 6.09. The summed E-state index contributed by atoms with van der Waals surface area (Å²) >= 11 is 0. The lowest BCUT2D eigenvalue weighted by atomic mass is 9.91. The van der Waals surface area contributed by atoms with Crippen molar-refractivity contribution in [2.75, 3.05) is 0 Å². The Hall–Kier alpha value is -4.82. The normalized spacial score (nSPS) is 14.6. The molecule has 0 saturated carbocycles. The molecule has 2 heteroatoms. The van der Waals surface area contributed by atoms with E-state index in [1.54, 1.807) is 0 Å². The van der Waals surface area contributed by atoms with Crippen LogP contribution in [0.15, 0.2) is 115 Å². The first-order valence-corrected chi connectivity index (χ1v) is 15.7. The molecule has 1 aliphatic rings. The molecule has 1 unspecified atom stereocenters. The lowest BCUT2D eigenvalue weighted by Crippen LogP contribution is -2.07. The monoisotopic (exact) mass is 556 g/mol. The van der Waals surface area contributed by atoms with Crippen molar-refractivity contribution in [1.82, 2.24) is 9.13 Å². The molecule has 0 saturated heterocycles. The number of aromatic nitrogens is 2. The second kappa shape index (κ2) is 10.2. The number of benzene rings is 5. The summed E-state index contributed by atoms with van der Waals surface area (Å²) in [4.78, 5) is 0. The van der Waals surface area contributed by atoms with Crippen LogP contribution in [0.5, 0.6) is 0 Å². The van der Waals surface area contributed by atoms with Crippen LogP contribution in [0.2, 0.25) is 0 Å². The van der Waals surface area contributed by atoms with Gasteiger partial charge in [0.05, 0.1) is 16.6 Å². The van der Waals surface area contributed by atoms with Crippen molar-refractivity contribution in [3.63, 3.8) is 0 Å². The zero-order chi connectivity index (χ0) is 29.1. The lowest BCUT2D eigenvalue weighted by molar-refractivity contribution is 0.723. The fraction of sp³-hybridized carbons (Fsp3) is 0.171. The fourth-order valence-corrected chi connectivity index (χ4v) is 7.48. The van der Waals surface area contributed by atoms with Gasteiger partial charge in [0.15, 0.2) is 0 Å². The van der Waals surface area contributed by atoms with Gasteiger partial charge in [-0.15, -0.1) is 0 Å². The molecule has 210 valence electrons. The molecule has 7 aromatic rings. The van der Waals surface area contributed by atoms with E-state index in [2.05, 4.69) is 151 Å². The highest BCUT2D eigenvalue weighted by Crippen LogP contribution is 2.41. The van der Waals surface area contributed by atoms with Crippen molar-refractivity contribution in [3.05, 3.63) is 138 Å². The highest BCUT2D eigenvalue weighted by atomic mass is 15.0. The van der Waals surface area contributed by atoms with Crippen LogP contribution >= 0.6 is 0 Å². The van der Waals surface area contributed by atoms with Gasteiger partial charge >= 0.3 is 0 Å². The number of para-hydroxylation sites is 3. The third-order valence-corrected chi connectivity index (χ3v) is 9.52. The summed E-state index contributed by atoms with van der Waals surface area (Å²) in [5.74, 6) is 0.484. The van der Waals surface area contributed by atoms with E-state index < -0.39 is 0 Å². The molecule has 43 heavy (non-hydrogen) atoms. The second-order valence-corrected chi connectivity index (χ2v) is 12.0. The number of rotatable bonds is 5. The van der Waals surface area contributed by atoms with Crippen LogP contribution in [0.25, 0.3) is 61.3 Å². The van der Waals surface area contributed by atoms with Gasteiger partial charge in [-0.3, -0.25) is 0 Å². The first kappa shape index (κ1) is 25.9. The number of fused-ring (bicyclic) bond motifs is 6. The predicted octanol–water partition coefficient (Wildman–Crippen LogP) is 11.0. The molecule has 1 atom stereocenters. The molecule has 1 aliphatic carbocycles. The summed E-state index contributed by atoms with van der Waals surface area (Å²) in [6.45, 7) is 6.93.